The Morgan fingerprint density at radius 2 is 1.89 bits per heavy atom. The van der Waals surface area contributed by atoms with Gasteiger partial charge < -0.3 is 27.2 Å². The highest BCUT2D eigenvalue weighted by Gasteiger charge is 2.10. The molecule has 0 fully saturated rings. The van der Waals surface area contributed by atoms with Crippen LogP contribution in [0.25, 0.3) is 11.0 Å². The Hall–Kier alpha value is -2.77. The lowest BCUT2D eigenvalue weighted by Gasteiger charge is -2.06. The van der Waals surface area contributed by atoms with Crippen molar-refractivity contribution in [1.82, 2.24) is 9.97 Å². The number of nitrogens with two attached hydrogens (primary N) is 3. The third-order valence-corrected chi connectivity index (χ3v) is 2.77. The van der Waals surface area contributed by atoms with Crippen molar-refractivity contribution in [3.8, 4) is 0 Å². The third kappa shape index (κ3) is 2.41. The predicted octanol–water partition coefficient (Wildman–Crippen LogP) is -0.307. The fraction of sp³-hybridized carbons (Fsp3) is 0.182. The number of hydrogen-bond acceptors (Lipinski definition) is 2. The van der Waals surface area contributed by atoms with E-state index >= 15 is 0 Å². The molecule has 0 amide bonds. The molecular weight excluding hydrogens is 246 g/mol. The summed E-state index contributed by atoms with van der Waals surface area (Å²) in [6, 6.07) is 1.86. The number of benzene rings is 1. The number of imidazole rings is 1. The summed E-state index contributed by atoms with van der Waals surface area (Å²) < 4.78 is 0. The highest BCUT2D eigenvalue weighted by Crippen LogP contribution is 2.29. The van der Waals surface area contributed by atoms with Gasteiger partial charge >= 0.3 is 5.69 Å². The molecule has 0 aliphatic rings. The maximum absolute atomic E-state index is 11.4. The van der Waals surface area contributed by atoms with E-state index in [-0.39, 0.29) is 17.6 Å². The summed E-state index contributed by atoms with van der Waals surface area (Å²) in [7, 11) is 0. The van der Waals surface area contributed by atoms with Crippen LogP contribution in [0.5, 0.6) is 0 Å². The van der Waals surface area contributed by atoms with Gasteiger partial charge in [-0.1, -0.05) is 0 Å². The first-order valence-corrected chi connectivity index (χ1v) is 5.54. The quantitative estimate of drug-likeness (QED) is 0.353. The Morgan fingerprint density at radius 1 is 1.21 bits per heavy atom. The van der Waals surface area contributed by atoms with Crippen LogP contribution in [0, 0.1) is 13.8 Å². The zero-order valence-electron chi connectivity index (χ0n) is 10.6. The molecule has 2 rings (SSSR count). The maximum atomic E-state index is 11.4. The number of aromatic nitrogens is 2. The minimum absolute atomic E-state index is 0.0722. The van der Waals surface area contributed by atoms with Crippen molar-refractivity contribution in [1.29, 1.82) is 0 Å². The highest BCUT2D eigenvalue weighted by atomic mass is 16.1. The van der Waals surface area contributed by atoms with E-state index in [1.54, 1.807) is 0 Å². The van der Waals surface area contributed by atoms with Crippen LogP contribution in [0.2, 0.25) is 0 Å². The molecule has 0 spiro atoms. The number of aryl methyl sites for hydroxylation is 1. The van der Waals surface area contributed by atoms with Crippen molar-refractivity contribution in [3.05, 3.63) is 27.7 Å². The Balaban J connectivity index is 2.74. The van der Waals surface area contributed by atoms with Crippen LogP contribution in [-0.4, -0.2) is 21.9 Å². The van der Waals surface area contributed by atoms with Gasteiger partial charge in [0.15, 0.2) is 5.96 Å². The van der Waals surface area contributed by atoms with E-state index in [9.17, 15) is 4.79 Å². The predicted molar refractivity (Wildman–Crippen MR) is 75.5 cm³/mol. The first kappa shape index (κ1) is 12.7. The SMILES string of the molecule is Cc1cc2[nH]c(=O)[nH]c2c(N=C(N)N=C(N)N)c1C. The molecule has 2 aromatic rings. The molecule has 0 radical (unpaired) electrons. The molecule has 1 heterocycles. The second kappa shape index (κ2) is 4.48. The molecule has 100 valence electrons. The van der Waals surface area contributed by atoms with Crippen molar-refractivity contribution >= 4 is 28.6 Å². The number of aliphatic imine (C=N–C) groups is 2. The molecule has 0 aliphatic carbocycles. The minimum atomic E-state index is -0.308. The van der Waals surface area contributed by atoms with Crippen LogP contribution in [0.4, 0.5) is 5.69 Å². The van der Waals surface area contributed by atoms with E-state index in [0.717, 1.165) is 11.1 Å². The van der Waals surface area contributed by atoms with Gasteiger partial charge in [-0.15, -0.1) is 0 Å². The summed E-state index contributed by atoms with van der Waals surface area (Å²) in [6.45, 7) is 3.79. The van der Waals surface area contributed by atoms with Crippen LogP contribution in [-0.2, 0) is 0 Å². The van der Waals surface area contributed by atoms with E-state index in [2.05, 4.69) is 20.0 Å². The fourth-order valence-corrected chi connectivity index (χ4v) is 1.80. The minimum Gasteiger partial charge on any atom is -0.370 e. The van der Waals surface area contributed by atoms with Crippen molar-refractivity contribution < 1.29 is 0 Å². The van der Waals surface area contributed by atoms with Gasteiger partial charge in [-0.05, 0) is 31.0 Å². The zero-order chi connectivity index (χ0) is 14.2. The first-order chi connectivity index (χ1) is 8.88. The lowest BCUT2D eigenvalue weighted by molar-refractivity contribution is 1.21. The van der Waals surface area contributed by atoms with Crippen molar-refractivity contribution in [2.45, 2.75) is 13.8 Å². The van der Waals surface area contributed by atoms with Crippen molar-refractivity contribution in [2.24, 2.45) is 27.2 Å². The van der Waals surface area contributed by atoms with Gasteiger partial charge in [0.2, 0.25) is 5.96 Å². The molecule has 8 heteroatoms. The summed E-state index contributed by atoms with van der Waals surface area (Å²) in [5.74, 6) is -0.248. The summed E-state index contributed by atoms with van der Waals surface area (Å²) in [6.07, 6.45) is 0. The van der Waals surface area contributed by atoms with Crippen molar-refractivity contribution in [3.63, 3.8) is 0 Å². The van der Waals surface area contributed by atoms with Gasteiger partial charge in [0.25, 0.3) is 0 Å². The van der Waals surface area contributed by atoms with Gasteiger partial charge in [0.05, 0.1) is 16.7 Å². The first-order valence-electron chi connectivity index (χ1n) is 5.54. The lowest BCUT2D eigenvalue weighted by atomic mass is 10.1. The summed E-state index contributed by atoms with van der Waals surface area (Å²) >= 11 is 0. The van der Waals surface area contributed by atoms with Crippen LogP contribution < -0.4 is 22.9 Å². The van der Waals surface area contributed by atoms with E-state index in [0.29, 0.717) is 16.7 Å². The van der Waals surface area contributed by atoms with E-state index in [1.165, 1.54) is 0 Å². The molecule has 8 N–H and O–H groups in total. The molecular formula is C11H15N7O. The molecule has 0 unspecified atom stereocenters. The van der Waals surface area contributed by atoms with Crippen LogP contribution >= 0.6 is 0 Å². The number of H-pyrrole nitrogens is 2. The van der Waals surface area contributed by atoms with Crippen LogP contribution in [0.15, 0.2) is 20.8 Å². The molecule has 0 saturated carbocycles. The lowest BCUT2D eigenvalue weighted by Crippen LogP contribution is -2.26. The molecule has 1 aromatic carbocycles. The van der Waals surface area contributed by atoms with Crippen LogP contribution in [0.3, 0.4) is 0 Å². The standard InChI is InChI=1S/C11H15N7O/c1-4-3-6-8(17-11(19)15-6)7(5(4)2)16-10(14)18-9(12)13/h3H,1-2H3,(H2,15,17,19)(H6,12,13,14,16,18). The van der Waals surface area contributed by atoms with Gasteiger partial charge in [0, 0.05) is 0 Å². The summed E-state index contributed by atoms with van der Waals surface area (Å²) in [5, 5.41) is 0. The molecule has 0 saturated heterocycles. The highest BCUT2D eigenvalue weighted by molar-refractivity contribution is 5.97. The average Bonchev–Trinajstić information content (AvgIpc) is 2.64. The smallest absolute Gasteiger partial charge is 0.323 e. The molecule has 0 aliphatic heterocycles. The number of nitrogens with one attached hydrogen (secondary N) is 2. The second-order valence-electron chi connectivity index (χ2n) is 4.18. The number of fused-ring (bicyclic) bond motifs is 1. The maximum Gasteiger partial charge on any atom is 0.323 e. The second-order valence-corrected chi connectivity index (χ2v) is 4.18. The number of hydrogen-bond donors (Lipinski definition) is 5. The van der Waals surface area contributed by atoms with Gasteiger partial charge in [-0.25, -0.2) is 9.79 Å². The monoisotopic (exact) mass is 261 g/mol. The Kier molecular flexibility index (Phi) is 2.99. The number of aromatic amines is 2. The topological polar surface area (TPSA) is 151 Å². The number of guanidine groups is 2. The Bertz CT molecular complexity index is 746. The fourth-order valence-electron chi connectivity index (χ4n) is 1.80. The molecule has 1 aromatic heterocycles. The largest absolute Gasteiger partial charge is 0.370 e. The van der Waals surface area contributed by atoms with E-state index in [4.69, 9.17) is 17.2 Å². The average molecular weight is 261 g/mol. The summed E-state index contributed by atoms with van der Waals surface area (Å²) in [5.41, 5.74) is 19.4. The van der Waals surface area contributed by atoms with Gasteiger partial charge in [-0.3, -0.25) is 0 Å². The molecule has 0 atom stereocenters. The molecule has 19 heavy (non-hydrogen) atoms. The Morgan fingerprint density at radius 3 is 2.53 bits per heavy atom. The van der Waals surface area contributed by atoms with Crippen LogP contribution in [0.1, 0.15) is 11.1 Å². The zero-order valence-corrected chi connectivity index (χ0v) is 10.6. The Labute approximate surface area is 108 Å². The molecule has 0 bridgehead atoms. The van der Waals surface area contributed by atoms with E-state index < -0.39 is 0 Å². The summed E-state index contributed by atoms with van der Waals surface area (Å²) in [4.78, 5) is 24.5. The normalized spacial score (nSPS) is 11.8. The van der Waals surface area contributed by atoms with Gasteiger partial charge in [0.1, 0.15) is 0 Å². The number of nitrogens with zero attached hydrogens (tertiary/aromatic N) is 2. The van der Waals surface area contributed by atoms with E-state index in [1.807, 2.05) is 19.9 Å². The van der Waals surface area contributed by atoms with Crippen molar-refractivity contribution in [2.75, 3.05) is 0 Å². The number of rotatable bonds is 1. The van der Waals surface area contributed by atoms with Gasteiger partial charge in [-0.2, -0.15) is 4.99 Å². The third-order valence-electron chi connectivity index (χ3n) is 2.77. The molecule has 8 nitrogen and oxygen atoms in total.